The average Bonchev–Trinajstić information content (AvgIpc) is 3.01. The van der Waals surface area contributed by atoms with Crippen molar-refractivity contribution in [3.8, 4) is 0 Å². The number of carbonyl (C=O) groups is 1. The number of amides is 1. The zero-order chi connectivity index (χ0) is 24.9. The molecule has 1 amide bonds. The van der Waals surface area contributed by atoms with Crippen LogP contribution in [0.2, 0.25) is 10.0 Å². The molecule has 2 atom stereocenters. The van der Waals surface area contributed by atoms with E-state index in [1.807, 2.05) is 0 Å². The van der Waals surface area contributed by atoms with Gasteiger partial charge in [-0.05, 0) is 13.0 Å². The summed E-state index contributed by atoms with van der Waals surface area (Å²) in [7, 11) is 0. The SMILES string of the molecule is [C-]#[N+]c1cc(Cl)c(N(CC(F)(F)F)C(=O)C2(C)CC(C(F)(F)F)N=N2)c(Cl)c1C(F)(F)F. The molecule has 1 heterocycles. The van der Waals surface area contributed by atoms with Crippen molar-refractivity contribution in [2.75, 3.05) is 11.4 Å². The summed E-state index contributed by atoms with van der Waals surface area (Å²) in [4.78, 5) is 15.1. The van der Waals surface area contributed by atoms with Crippen LogP contribution in [0.1, 0.15) is 18.9 Å². The summed E-state index contributed by atoms with van der Waals surface area (Å²) in [6.07, 6.45) is -16.7. The fourth-order valence-electron chi connectivity index (χ4n) is 2.89. The zero-order valence-electron chi connectivity index (χ0n) is 15.4. The van der Waals surface area contributed by atoms with Crippen molar-refractivity contribution in [1.82, 2.24) is 0 Å². The third-order valence-corrected chi connectivity index (χ3v) is 4.93. The van der Waals surface area contributed by atoms with Crippen molar-refractivity contribution in [1.29, 1.82) is 0 Å². The molecule has 2 unspecified atom stereocenters. The first-order valence-corrected chi connectivity index (χ1v) is 8.91. The summed E-state index contributed by atoms with van der Waals surface area (Å²) in [6, 6.07) is -2.16. The van der Waals surface area contributed by atoms with Gasteiger partial charge in [-0.25, -0.2) is 4.85 Å². The number of azo groups is 1. The fraction of sp³-hybridized carbons (Fsp3) is 0.500. The molecule has 1 aromatic carbocycles. The largest absolute Gasteiger partial charge is 0.412 e. The molecule has 1 aromatic rings. The van der Waals surface area contributed by atoms with Crippen molar-refractivity contribution in [2.45, 2.75) is 43.5 Å². The molecular weight excluding hydrogens is 506 g/mol. The Morgan fingerprint density at radius 2 is 1.78 bits per heavy atom. The van der Waals surface area contributed by atoms with Gasteiger partial charge in [0, 0.05) is 6.42 Å². The van der Waals surface area contributed by atoms with E-state index in [0.29, 0.717) is 6.07 Å². The molecule has 5 nitrogen and oxygen atoms in total. The molecule has 0 N–H and O–H groups in total. The first-order valence-electron chi connectivity index (χ1n) is 8.16. The molecule has 16 heteroatoms. The number of carbonyl (C=O) groups excluding carboxylic acids is 1. The van der Waals surface area contributed by atoms with Gasteiger partial charge in [0.2, 0.25) is 5.69 Å². The average molecular weight is 515 g/mol. The summed E-state index contributed by atoms with van der Waals surface area (Å²) >= 11 is 11.4. The predicted molar refractivity (Wildman–Crippen MR) is 93.9 cm³/mol. The third kappa shape index (κ3) is 5.20. The van der Waals surface area contributed by atoms with Crippen LogP contribution < -0.4 is 4.90 Å². The van der Waals surface area contributed by atoms with Crippen molar-refractivity contribution < 1.29 is 44.3 Å². The van der Waals surface area contributed by atoms with Crippen LogP contribution in [0.4, 0.5) is 50.9 Å². The number of halogens is 11. The number of anilines is 1. The lowest BCUT2D eigenvalue weighted by molar-refractivity contribution is -0.149. The first-order chi connectivity index (χ1) is 14.3. The van der Waals surface area contributed by atoms with Crippen LogP contribution in [0, 0.1) is 6.57 Å². The first kappa shape index (κ1) is 26.0. The molecular formula is C16H9Cl2F9N4O. The lowest BCUT2D eigenvalue weighted by Gasteiger charge is -2.32. The Balaban J connectivity index is 2.70. The summed E-state index contributed by atoms with van der Waals surface area (Å²) in [5.74, 6) is -1.77. The Morgan fingerprint density at radius 3 is 2.19 bits per heavy atom. The highest BCUT2D eigenvalue weighted by atomic mass is 35.5. The Labute approximate surface area is 183 Å². The van der Waals surface area contributed by atoms with Gasteiger partial charge < -0.3 is 0 Å². The number of benzene rings is 1. The minimum atomic E-state index is -5.33. The van der Waals surface area contributed by atoms with Gasteiger partial charge >= 0.3 is 18.5 Å². The Kier molecular flexibility index (Phi) is 6.70. The molecule has 1 aliphatic rings. The molecule has 0 aliphatic carbocycles. The Hall–Kier alpha value is -2.27. The van der Waals surface area contributed by atoms with Crippen LogP contribution in [-0.2, 0) is 11.0 Å². The van der Waals surface area contributed by atoms with E-state index in [-0.39, 0.29) is 4.90 Å². The maximum atomic E-state index is 13.4. The van der Waals surface area contributed by atoms with Crippen LogP contribution in [0.5, 0.6) is 0 Å². The van der Waals surface area contributed by atoms with E-state index in [2.05, 4.69) is 15.1 Å². The molecule has 0 saturated carbocycles. The highest BCUT2D eigenvalue weighted by Gasteiger charge is 2.54. The molecule has 0 fully saturated rings. The van der Waals surface area contributed by atoms with Gasteiger partial charge in [-0.2, -0.15) is 49.7 Å². The van der Waals surface area contributed by atoms with E-state index in [0.717, 1.165) is 6.92 Å². The van der Waals surface area contributed by atoms with Crippen molar-refractivity contribution in [2.24, 2.45) is 10.2 Å². The van der Waals surface area contributed by atoms with Crippen LogP contribution >= 0.6 is 23.2 Å². The molecule has 0 spiro atoms. The normalized spacial score (nSPS) is 21.5. The summed E-state index contributed by atoms with van der Waals surface area (Å²) in [5.41, 5.74) is -6.80. The Bertz CT molecular complexity index is 998. The van der Waals surface area contributed by atoms with Crippen LogP contribution in [0.15, 0.2) is 16.3 Å². The van der Waals surface area contributed by atoms with E-state index < -0.39 is 76.0 Å². The van der Waals surface area contributed by atoms with Gasteiger partial charge in [0.05, 0.1) is 27.9 Å². The standard InChI is InChI=1S/C16H9Cl2F9N4O/c1-13(4-8(29-30-13)15(22,23)24)12(32)31(5-14(19,20)21)11-6(17)3-7(28-2)9(10(11)18)16(25,26)27/h3,8H,4-5H2,1H3. The number of nitrogens with zero attached hydrogens (tertiary/aromatic N) is 4. The second-order valence-corrected chi connectivity index (χ2v) is 7.57. The Morgan fingerprint density at radius 1 is 1.22 bits per heavy atom. The molecule has 176 valence electrons. The van der Waals surface area contributed by atoms with Gasteiger partial charge in [-0.1, -0.05) is 23.2 Å². The highest BCUT2D eigenvalue weighted by molar-refractivity contribution is 6.41. The molecule has 0 saturated heterocycles. The van der Waals surface area contributed by atoms with Crippen LogP contribution in [-0.4, -0.2) is 36.4 Å². The van der Waals surface area contributed by atoms with Gasteiger partial charge in [-0.3, -0.25) is 9.69 Å². The minimum Gasteiger partial charge on any atom is -0.298 e. The van der Waals surface area contributed by atoms with Crippen molar-refractivity contribution >= 4 is 40.5 Å². The molecule has 32 heavy (non-hydrogen) atoms. The molecule has 0 radical (unpaired) electrons. The quantitative estimate of drug-likeness (QED) is 0.316. The van der Waals surface area contributed by atoms with Crippen molar-refractivity contribution in [3.05, 3.63) is 33.1 Å². The number of alkyl halides is 9. The monoisotopic (exact) mass is 514 g/mol. The van der Waals surface area contributed by atoms with Crippen LogP contribution in [0.3, 0.4) is 0 Å². The van der Waals surface area contributed by atoms with Crippen molar-refractivity contribution in [3.63, 3.8) is 0 Å². The fourth-order valence-corrected chi connectivity index (χ4v) is 3.65. The number of hydrogen-bond donors (Lipinski definition) is 0. The lowest BCUT2D eigenvalue weighted by Crippen LogP contribution is -2.50. The van der Waals surface area contributed by atoms with E-state index in [1.54, 1.807) is 0 Å². The second-order valence-electron chi connectivity index (χ2n) is 6.78. The maximum absolute atomic E-state index is 13.4. The van der Waals surface area contributed by atoms with E-state index in [1.165, 1.54) is 0 Å². The number of hydrogen-bond acceptors (Lipinski definition) is 3. The lowest BCUT2D eigenvalue weighted by atomic mass is 9.93. The molecule has 0 aromatic heterocycles. The summed E-state index contributed by atoms with van der Waals surface area (Å²) in [5, 5.41) is 3.58. The topological polar surface area (TPSA) is 49.4 Å². The van der Waals surface area contributed by atoms with Gasteiger partial charge in [-0.15, -0.1) is 0 Å². The highest BCUT2D eigenvalue weighted by Crippen LogP contribution is 2.50. The van der Waals surface area contributed by atoms with E-state index >= 15 is 0 Å². The second kappa shape index (κ2) is 8.26. The van der Waals surface area contributed by atoms with Gasteiger partial charge in [0.15, 0.2) is 11.6 Å². The minimum absolute atomic E-state index is 0.328. The zero-order valence-corrected chi connectivity index (χ0v) is 16.9. The maximum Gasteiger partial charge on any atom is 0.412 e. The molecule has 2 rings (SSSR count). The number of rotatable bonds is 3. The van der Waals surface area contributed by atoms with Gasteiger partial charge in [0.25, 0.3) is 5.91 Å². The summed E-state index contributed by atoms with van der Waals surface area (Å²) in [6.45, 7) is 5.32. The summed E-state index contributed by atoms with van der Waals surface area (Å²) < 4.78 is 119. The van der Waals surface area contributed by atoms with E-state index in [4.69, 9.17) is 29.8 Å². The predicted octanol–water partition coefficient (Wildman–Crippen LogP) is 7.00. The molecule has 0 bridgehead atoms. The van der Waals surface area contributed by atoms with E-state index in [9.17, 15) is 44.3 Å². The smallest absolute Gasteiger partial charge is 0.298 e. The molecule has 1 aliphatic heterocycles. The van der Waals surface area contributed by atoms with Crippen LogP contribution in [0.25, 0.3) is 4.85 Å². The third-order valence-electron chi connectivity index (χ3n) is 4.28. The van der Waals surface area contributed by atoms with Gasteiger partial charge in [0.1, 0.15) is 6.54 Å².